The lowest BCUT2D eigenvalue weighted by atomic mass is 9.89. The van der Waals surface area contributed by atoms with E-state index in [2.05, 4.69) is 59.8 Å². The van der Waals surface area contributed by atoms with Gasteiger partial charge in [0.1, 0.15) is 0 Å². The third-order valence-corrected chi connectivity index (χ3v) is 5.59. The van der Waals surface area contributed by atoms with E-state index in [4.69, 9.17) is 0 Å². The maximum atomic E-state index is 12.3. The predicted molar refractivity (Wildman–Crippen MR) is 99.0 cm³/mol. The van der Waals surface area contributed by atoms with Crippen molar-refractivity contribution in [2.24, 2.45) is 0 Å². The number of rotatable bonds is 5. The Kier molecular flexibility index (Phi) is 4.95. The fourth-order valence-electron chi connectivity index (χ4n) is 4.39. The SMILES string of the molecule is CCC(C1Cc2c([nH]c3ccccc23)CN1C(C)=O)N(CC)CC. The average Bonchev–Trinajstić information content (AvgIpc) is 2.96. The van der Waals surface area contributed by atoms with Gasteiger partial charge >= 0.3 is 0 Å². The van der Waals surface area contributed by atoms with Crippen LogP contribution >= 0.6 is 0 Å². The molecule has 2 heterocycles. The molecule has 1 aromatic carbocycles. The van der Waals surface area contributed by atoms with Crippen molar-refractivity contribution in [3.63, 3.8) is 0 Å². The van der Waals surface area contributed by atoms with Crippen molar-refractivity contribution in [1.82, 2.24) is 14.8 Å². The van der Waals surface area contributed by atoms with E-state index < -0.39 is 0 Å². The molecule has 2 aromatic rings. The van der Waals surface area contributed by atoms with Crippen LogP contribution in [0.3, 0.4) is 0 Å². The first-order valence-corrected chi connectivity index (χ1v) is 9.20. The molecule has 4 nitrogen and oxygen atoms in total. The fourth-order valence-corrected chi connectivity index (χ4v) is 4.39. The molecular formula is C20H29N3O. The smallest absolute Gasteiger partial charge is 0.220 e. The number of aromatic nitrogens is 1. The molecule has 3 rings (SSSR count). The lowest BCUT2D eigenvalue weighted by molar-refractivity contribution is -0.134. The molecule has 0 spiro atoms. The summed E-state index contributed by atoms with van der Waals surface area (Å²) in [5, 5.41) is 1.31. The van der Waals surface area contributed by atoms with Crippen LogP contribution in [0.4, 0.5) is 0 Å². The highest BCUT2D eigenvalue weighted by Gasteiger charge is 2.36. The minimum Gasteiger partial charge on any atom is -0.357 e. The van der Waals surface area contributed by atoms with Gasteiger partial charge in [0.2, 0.25) is 5.91 Å². The molecule has 1 amide bonds. The van der Waals surface area contributed by atoms with Gasteiger partial charge in [-0.25, -0.2) is 0 Å². The van der Waals surface area contributed by atoms with Crippen LogP contribution in [0.2, 0.25) is 0 Å². The number of hydrogen-bond acceptors (Lipinski definition) is 2. The number of likely N-dealkylation sites (N-methyl/N-ethyl adjacent to an activating group) is 1. The molecule has 130 valence electrons. The monoisotopic (exact) mass is 327 g/mol. The van der Waals surface area contributed by atoms with Gasteiger partial charge < -0.3 is 9.88 Å². The van der Waals surface area contributed by atoms with Crippen molar-refractivity contribution in [2.75, 3.05) is 13.1 Å². The second kappa shape index (κ2) is 6.98. The lowest BCUT2D eigenvalue weighted by Crippen LogP contribution is -2.55. The number of carbonyl (C=O) groups is 1. The van der Waals surface area contributed by atoms with Crippen LogP contribution in [0.15, 0.2) is 24.3 Å². The molecule has 0 aliphatic carbocycles. The van der Waals surface area contributed by atoms with Crippen molar-refractivity contribution in [3.8, 4) is 0 Å². The number of H-pyrrole nitrogens is 1. The molecule has 1 N–H and O–H groups in total. The second-order valence-electron chi connectivity index (χ2n) is 6.74. The number of nitrogens with zero attached hydrogens (tertiary/aromatic N) is 2. The first-order chi connectivity index (χ1) is 11.6. The zero-order chi connectivity index (χ0) is 17.3. The summed E-state index contributed by atoms with van der Waals surface area (Å²) in [4.78, 5) is 20.4. The maximum absolute atomic E-state index is 12.3. The van der Waals surface area contributed by atoms with Gasteiger partial charge in [-0.2, -0.15) is 0 Å². The number of nitrogens with one attached hydrogen (secondary N) is 1. The number of benzene rings is 1. The van der Waals surface area contributed by atoms with E-state index in [9.17, 15) is 4.79 Å². The highest BCUT2D eigenvalue weighted by molar-refractivity contribution is 5.85. The first kappa shape index (κ1) is 17.0. The van der Waals surface area contributed by atoms with Crippen LogP contribution < -0.4 is 0 Å². The van der Waals surface area contributed by atoms with Crippen LogP contribution in [0.25, 0.3) is 10.9 Å². The summed E-state index contributed by atoms with van der Waals surface area (Å²) >= 11 is 0. The largest absolute Gasteiger partial charge is 0.357 e. The Bertz CT molecular complexity index is 717. The number of para-hydroxylation sites is 1. The Balaban J connectivity index is 2.03. The number of fused-ring (bicyclic) bond motifs is 3. The van der Waals surface area contributed by atoms with Gasteiger partial charge in [0.25, 0.3) is 0 Å². The zero-order valence-electron chi connectivity index (χ0n) is 15.3. The minimum absolute atomic E-state index is 0.176. The number of amides is 1. The van der Waals surface area contributed by atoms with Crippen molar-refractivity contribution in [3.05, 3.63) is 35.5 Å². The van der Waals surface area contributed by atoms with Gasteiger partial charge in [0, 0.05) is 29.6 Å². The summed E-state index contributed by atoms with van der Waals surface area (Å²) in [6.45, 7) is 11.1. The highest BCUT2D eigenvalue weighted by atomic mass is 16.2. The van der Waals surface area contributed by atoms with E-state index in [0.29, 0.717) is 12.6 Å². The van der Waals surface area contributed by atoms with Crippen molar-refractivity contribution in [1.29, 1.82) is 0 Å². The van der Waals surface area contributed by atoms with Crippen LogP contribution in [0, 0.1) is 0 Å². The van der Waals surface area contributed by atoms with E-state index >= 15 is 0 Å². The quantitative estimate of drug-likeness (QED) is 0.912. The Morgan fingerprint density at radius 2 is 2.00 bits per heavy atom. The number of carbonyl (C=O) groups excluding carboxylic acids is 1. The Morgan fingerprint density at radius 1 is 1.29 bits per heavy atom. The van der Waals surface area contributed by atoms with Gasteiger partial charge in [0.05, 0.1) is 12.6 Å². The van der Waals surface area contributed by atoms with Crippen LogP contribution in [-0.4, -0.2) is 45.9 Å². The minimum atomic E-state index is 0.176. The first-order valence-electron chi connectivity index (χ1n) is 9.20. The van der Waals surface area contributed by atoms with Gasteiger partial charge in [-0.15, -0.1) is 0 Å². The Morgan fingerprint density at radius 3 is 2.62 bits per heavy atom. The molecule has 1 aliphatic rings. The second-order valence-corrected chi connectivity index (χ2v) is 6.74. The maximum Gasteiger partial charge on any atom is 0.220 e. The topological polar surface area (TPSA) is 39.3 Å². The molecule has 4 heteroatoms. The summed E-state index contributed by atoms with van der Waals surface area (Å²) in [6, 6.07) is 9.15. The molecule has 0 bridgehead atoms. The molecule has 0 saturated heterocycles. The van der Waals surface area contributed by atoms with Gasteiger partial charge in [-0.05, 0) is 37.6 Å². The summed E-state index contributed by atoms with van der Waals surface area (Å²) in [5.41, 5.74) is 3.79. The average molecular weight is 327 g/mol. The zero-order valence-corrected chi connectivity index (χ0v) is 15.3. The molecule has 1 aliphatic heterocycles. The van der Waals surface area contributed by atoms with Gasteiger partial charge in [-0.3, -0.25) is 9.69 Å². The molecule has 24 heavy (non-hydrogen) atoms. The molecule has 2 atom stereocenters. The highest BCUT2D eigenvalue weighted by Crippen LogP contribution is 2.33. The molecule has 2 unspecified atom stereocenters. The predicted octanol–water partition coefficient (Wildman–Crippen LogP) is 3.56. The van der Waals surface area contributed by atoms with Crippen LogP contribution in [0.5, 0.6) is 0 Å². The lowest BCUT2D eigenvalue weighted by Gasteiger charge is -2.43. The normalized spacial score (nSPS) is 18.9. The summed E-state index contributed by atoms with van der Waals surface area (Å²) < 4.78 is 0. The molecule has 0 saturated carbocycles. The summed E-state index contributed by atoms with van der Waals surface area (Å²) in [5.74, 6) is 0.176. The summed E-state index contributed by atoms with van der Waals surface area (Å²) in [7, 11) is 0. The Labute approximate surface area is 144 Å². The van der Waals surface area contributed by atoms with E-state index in [-0.39, 0.29) is 11.9 Å². The van der Waals surface area contributed by atoms with E-state index in [1.54, 1.807) is 6.92 Å². The van der Waals surface area contributed by atoms with Gasteiger partial charge in [0.15, 0.2) is 0 Å². The van der Waals surface area contributed by atoms with Crippen molar-refractivity contribution in [2.45, 2.75) is 59.2 Å². The Hall–Kier alpha value is -1.81. The van der Waals surface area contributed by atoms with E-state index in [1.807, 2.05) is 0 Å². The van der Waals surface area contributed by atoms with Crippen molar-refractivity contribution < 1.29 is 4.79 Å². The standard InChI is InChI=1S/C20H29N3O/c1-5-19(22(6-2)7-3)20-12-16-15-10-8-9-11-17(15)21-18(16)13-23(20)14(4)24/h8-11,19-21H,5-7,12-13H2,1-4H3. The number of hydrogen-bond donors (Lipinski definition) is 1. The van der Waals surface area contributed by atoms with Crippen LogP contribution in [0.1, 0.15) is 45.4 Å². The third-order valence-electron chi connectivity index (χ3n) is 5.59. The molecular weight excluding hydrogens is 298 g/mol. The molecule has 0 fully saturated rings. The third kappa shape index (κ3) is 2.84. The van der Waals surface area contributed by atoms with Crippen LogP contribution in [-0.2, 0) is 17.8 Å². The summed E-state index contributed by atoms with van der Waals surface area (Å²) in [6.07, 6.45) is 2.00. The molecule has 1 aromatic heterocycles. The van der Waals surface area contributed by atoms with Gasteiger partial charge in [-0.1, -0.05) is 39.0 Å². The molecule has 0 radical (unpaired) electrons. The number of aromatic amines is 1. The van der Waals surface area contributed by atoms with Crippen molar-refractivity contribution >= 4 is 16.8 Å². The van der Waals surface area contributed by atoms with E-state index in [0.717, 1.165) is 25.9 Å². The van der Waals surface area contributed by atoms with E-state index in [1.165, 1.54) is 22.2 Å². The fraction of sp³-hybridized carbons (Fsp3) is 0.550.